The number of nitrogens with two attached hydrogens (primary N) is 1. The number of halogens is 1. The average molecular weight is 508 g/mol. The van der Waals surface area contributed by atoms with Crippen LogP contribution in [0.25, 0.3) is 11.3 Å². The molecule has 0 unspecified atom stereocenters. The zero-order valence-corrected chi connectivity index (χ0v) is 21.1. The van der Waals surface area contributed by atoms with E-state index in [1.165, 1.54) is 12.1 Å². The average Bonchev–Trinajstić information content (AvgIpc) is 3.55. The van der Waals surface area contributed by atoms with Gasteiger partial charge in [-0.2, -0.15) is 5.10 Å². The highest BCUT2D eigenvalue weighted by molar-refractivity contribution is 5.99. The predicted molar refractivity (Wildman–Crippen MR) is 140 cm³/mol. The van der Waals surface area contributed by atoms with E-state index in [0.717, 1.165) is 24.0 Å². The Balaban J connectivity index is 1.46. The first-order valence-corrected chi connectivity index (χ1v) is 12.7. The second-order valence-corrected chi connectivity index (χ2v) is 9.29. The molecule has 1 aliphatic heterocycles. The molecular weight excluding hydrogens is 473 g/mol. The third kappa shape index (κ3) is 6.91. The summed E-state index contributed by atoms with van der Waals surface area (Å²) in [7, 11) is 1.83. The molecule has 0 bridgehead atoms. The molecule has 1 atom stereocenters. The Morgan fingerprint density at radius 3 is 2.86 bits per heavy atom. The van der Waals surface area contributed by atoms with Gasteiger partial charge in [-0.05, 0) is 62.1 Å². The molecule has 1 saturated heterocycles. The second-order valence-electron chi connectivity index (χ2n) is 9.29. The third-order valence-electron chi connectivity index (χ3n) is 6.53. The van der Waals surface area contributed by atoms with Gasteiger partial charge in [-0.25, -0.2) is 9.37 Å². The minimum absolute atomic E-state index is 0.0266. The smallest absolute Gasteiger partial charge is 0.255 e. The summed E-state index contributed by atoms with van der Waals surface area (Å²) in [6, 6.07) is 9.96. The topological polar surface area (TPSA) is 118 Å². The van der Waals surface area contributed by atoms with Crippen LogP contribution in [-0.2, 0) is 18.3 Å². The Morgan fingerprint density at radius 1 is 1.24 bits per heavy atom. The standard InChI is InChI=1S/C27H34FN7O2/c1-34-18-20(16-32-34)24-10-9-23(26(33-24)30-13-11-19-5-2-6-21(28)15-19)27(37)31-17-22-7-4-14-35(22)25(36)8-3-12-29/h2,5-6,9-10,15-16,18,22H,3-4,7-8,11-14,17,29H2,1H3,(H,30,33)(H,31,37)/t22-/m1/s1. The van der Waals surface area contributed by atoms with Gasteiger partial charge in [0, 0.05) is 50.9 Å². The number of nitrogens with zero attached hydrogens (tertiary/aromatic N) is 4. The lowest BCUT2D eigenvalue weighted by molar-refractivity contribution is -0.132. The van der Waals surface area contributed by atoms with Gasteiger partial charge in [0.05, 0.1) is 17.5 Å². The van der Waals surface area contributed by atoms with E-state index in [4.69, 9.17) is 10.7 Å². The fourth-order valence-electron chi connectivity index (χ4n) is 4.59. The first kappa shape index (κ1) is 26.3. The molecule has 2 aromatic heterocycles. The van der Waals surface area contributed by atoms with E-state index in [-0.39, 0.29) is 23.7 Å². The van der Waals surface area contributed by atoms with E-state index in [0.29, 0.717) is 62.5 Å². The minimum atomic E-state index is -0.281. The zero-order valence-electron chi connectivity index (χ0n) is 21.1. The summed E-state index contributed by atoms with van der Waals surface area (Å²) >= 11 is 0. The van der Waals surface area contributed by atoms with Gasteiger partial charge in [0.15, 0.2) is 0 Å². The highest BCUT2D eigenvalue weighted by Crippen LogP contribution is 2.23. The number of aryl methyl sites for hydroxylation is 1. The Hall–Kier alpha value is -3.79. The lowest BCUT2D eigenvalue weighted by Gasteiger charge is -2.25. The number of benzene rings is 1. The van der Waals surface area contributed by atoms with Crippen LogP contribution in [0.5, 0.6) is 0 Å². The van der Waals surface area contributed by atoms with Gasteiger partial charge in [0.25, 0.3) is 5.91 Å². The van der Waals surface area contributed by atoms with Crippen molar-refractivity contribution in [2.24, 2.45) is 12.8 Å². The maximum Gasteiger partial charge on any atom is 0.255 e. The largest absolute Gasteiger partial charge is 0.369 e. The molecule has 1 aliphatic rings. The summed E-state index contributed by atoms with van der Waals surface area (Å²) in [4.78, 5) is 32.3. The second kappa shape index (κ2) is 12.4. The van der Waals surface area contributed by atoms with E-state index < -0.39 is 0 Å². The molecule has 4 rings (SSSR count). The maximum absolute atomic E-state index is 13.6. The summed E-state index contributed by atoms with van der Waals surface area (Å²) in [6.45, 7) is 2.04. The van der Waals surface area contributed by atoms with Crippen molar-refractivity contribution >= 4 is 17.6 Å². The molecule has 10 heteroatoms. The Labute approximate surface area is 216 Å². The van der Waals surface area contributed by atoms with E-state index in [1.807, 2.05) is 24.2 Å². The number of pyridine rings is 1. The highest BCUT2D eigenvalue weighted by atomic mass is 19.1. The lowest BCUT2D eigenvalue weighted by atomic mass is 10.1. The molecule has 196 valence electrons. The molecule has 3 heterocycles. The molecule has 0 radical (unpaired) electrons. The van der Waals surface area contributed by atoms with Crippen molar-refractivity contribution in [3.8, 4) is 11.3 Å². The maximum atomic E-state index is 13.6. The fourth-order valence-corrected chi connectivity index (χ4v) is 4.59. The van der Waals surface area contributed by atoms with Gasteiger partial charge in [-0.1, -0.05) is 12.1 Å². The van der Waals surface area contributed by atoms with Crippen LogP contribution < -0.4 is 16.4 Å². The number of amides is 2. The van der Waals surface area contributed by atoms with Crippen molar-refractivity contribution in [3.63, 3.8) is 0 Å². The molecule has 37 heavy (non-hydrogen) atoms. The van der Waals surface area contributed by atoms with Crippen LogP contribution >= 0.6 is 0 Å². The molecule has 0 saturated carbocycles. The number of hydrogen-bond donors (Lipinski definition) is 3. The first-order chi connectivity index (χ1) is 17.9. The molecular formula is C27H34FN7O2. The number of anilines is 1. The molecule has 0 spiro atoms. The van der Waals surface area contributed by atoms with Crippen molar-refractivity contribution in [2.75, 3.05) is 31.5 Å². The number of aromatic nitrogens is 3. The van der Waals surface area contributed by atoms with Crippen LogP contribution in [0.1, 0.15) is 41.6 Å². The summed E-state index contributed by atoms with van der Waals surface area (Å²) < 4.78 is 15.2. The normalized spacial score (nSPS) is 15.1. The van der Waals surface area contributed by atoms with Crippen LogP contribution in [-0.4, -0.2) is 63.7 Å². The number of carbonyl (C=O) groups is 2. The molecule has 2 amide bonds. The van der Waals surface area contributed by atoms with Crippen LogP contribution in [0, 0.1) is 5.82 Å². The molecule has 9 nitrogen and oxygen atoms in total. The fraction of sp³-hybridized carbons (Fsp3) is 0.407. The predicted octanol–water partition coefficient (Wildman–Crippen LogP) is 2.74. The SMILES string of the molecule is Cn1cc(-c2ccc(C(=O)NC[C@H]3CCCN3C(=O)CCCN)c(NCCc3cccc(F)c3)n2)cn1. The number of carbonyl (C=O) groups excluding carboxylic acids is 2. The Bertz CT molecular complexity index is 1230. The van der Waals surface area contributed by atoms with Gasteiger partial charge in [-0.15, -0.1) is 0 Å². The van der Waals surface area contributed by atoms with Gasteiger partial charge in [-0.3, -0.25) is 14.3 Å². The molecule has 1 aromatic carbocycles. The first-order valence-electron chi connectivity index (χ1n) is 12.7. The zero-order chi connectivity index (χ0) is 26.2. The van der Waals surface area contributed by atoms with Crippen LogP contribution in [0.3, 0.4) is 0 Å². The van der Waals surface area contributed by atoms with Gasteiger partial charge < -0.3 is 21.3 Å². The van der Waals surface area contributed by atoms with Crippen LogP contribution in [0.2, 0.25) is 0 Å². The van der Waals surface area contributed by atoms with Crippen molar-refractivity contribution in [2.45, 2.75) is 38.1 Å². The third-order valence-corrected chi connectivity index (χ3v) is 6.53. The van der Waals surface area contributed by atoms with Gasteiger partial charge >= 0.3 is 0 Å². The summed E-state index contributed by atoms with van der Waals surface area (Å²) in [6.07, 6.45) is 7.01. The Kier molecular flexibility index (Phi) is 8.84. The van der Waals surface area contributed by atoms with Crippen molar-refractivity contribution in [3.05, 3.63) is 65.7 Å². The minimum Gasteiger partial charge on any atom is -0.369 e. The monoisotopic (exact) mass is 507 g/mol. The molecule has 0 aliphatic carbocycles. The van der Waals surface area contributed by atoms with Crippen LogP contribution in [0.4, 0.5) is 10.2 Å². The van der Waals surface area contributed by atoms with E-state index in [2.05, 4.69) is 15.7 Å². The van der Waals surface area contributed by atoms with Crippen molar-refractivity contribution in [1.82, 2.24) is 25.0 Å². The molecule has 1 fully saturated rings. The molecule has 3 aromatic rings. The summed E-state index contributed by atoms with van der Waals surface area (Å²) in [5.41, 5.74) is 8.33. The molecule has 4 N–H and O–H groups in total. The van der Waals surface area contributed by atoms with Gasteiger partial charge in [0.1, 0.15) is 11.6 Å². The highest BCUT2D eigenvalue weighted by Gasteiger charge is 2.28. The number of hydrogen-bond acceptors (Lipinski definition) is 6. The van der Waals surface area contributed by atoms with Crippen molar-refractivity contribution in [1.29, 1.82) is 0 Å². The summed E-state index contributed by atoms with van der Waals surface area (Å²) in [5, 5.41) is 10.5. The van der Waals surface area contributed by atoms with Crippen molar-refractivity contribution < 1.29 is 14.0 Å². The van der Waals surface area contributed by atoms with Crippen LogP contribution in [0.15, 0.2) is 48.8 Å². The number of nitrogens with one attached hydrogen (secondary N) is 2. The van der Waals surface area contributed by atoms with E-state index in [1.54, 1.807) is 29.1 Å². The number of rotatable bonds is 11. The Morgan fingerprint density at radius 2 is 2.11 bits per heavy atom. The lowest BCUT2D eigenvalue weighted by Crippen LogP contribution is -2.43. The van der Waals surface area contributed by atoms with Gasteiger partial charge in [0.2, 0.25) is 5.91 Å². The number of likely N-dealkylation sites (tertiary alicyclic amines) is 1. The quantitative estimate of drug-likeness (QED) is 0.367. The summed E-state index contributed by atoms with van der Waals surface area (Å²) in [5.74, 6) is -0.0153. The van der Waals surface area contributed by atoms with E-state index in [9.17, 15) is 14.0 Å². The van der Waals surface area contributed by atoms with E-state index >= 15 is 0 Å².